The number of aromatic nitrogens is 3. The maximum absolute atomic E-state index is 12.5. The topological polar surface area (TPSA) is 84.2 Å². The molecule has 0 radical (unpaired) electrons. The van der Waals surface area contributed by atoms with Gasteiger partial charge in [-0.2, -0.15) is 4.98 Å². The van der Waals surface area contributed by atoms with E-state index in [9.17, 15) is 4.79 Å². The van der Waals surface area contributed by atoms with E-state index in [4.69, 9.17) is 9.51 Å². The highest BCUT2D eigenvalue weighted by Gasteiger charge is 2.22. The van der Waals surface area contributed by atoms with E-state index in [2.05, 4.69) is 20.4 Å². The molecule has 28 heavy (non-hydrogen) atoms. The molecule has 0 aliphatic carbocycles. The largest absolute Gasteiger partial charge is 0.356 e. The second-order valence-corrected chi connectivity index (χ2v) is 7.42. The molecule has 0 spiro atoms. The summed E-state index contributed by atoms with van der Waals surface area (Å²) in [6, 6.07) is 5.98. The molecule has 0 bridgehead atoms. The number of benzene rings is 1. The summed E-state index contributed by atoms with van der Waals surface area (Å²) in [4.78, 5) is 24.0. The predicted octanol–water partition coefficient (Wildman–Crippen LogP) is 3.71. The molecule has 7 nitrogen and oxygen atoms in total. The minimum Gasteiger partial charge on any atom is -0.356 e. The fourth-order valence-corrected chi connectivity index (χ4v) is 3.72. The summed E-state index contributed by atoms with van der Waals surface area (Å²) in [7, 11) is 0. The summed E-state index contributed by atoms with van der Waals surface area (Å²) >= 11 is 0. The summed E-state index contributed by atoms with van der Waals surface area (Å²) in [6.07, 6.45) is 3.08. The van der Waals surface area contributed by atoms with Crippen LogP contribution in [0.1, 0.15) is 41.9 Å². The summed E-state index contributed by atoms with van der Waals surface area (Å²) in [6.45, 7) is 7.85. The van der Waals surface area contributed by atoms with E-state index < -0.39 is 0 Å². The number of nitrogens with one attached hydrogen (secondary N) is 1. The Bertz CT molecular complexity index is 1000. The van der Waals surface area contributed by atoms with E-state index in [1.165, 1.54) is 0 Å². The Balaban J connectivity index is 1.52. The summed E-state index contributed by atoms with van der Waals surface area (Å²) in [5.74, 6) is 1.45. The van der Waals surface area contributed by atoms with E-state index in [1.807, 2.05) is 39.0 Å². The number of nitrogens with zero attached hydrogens (tertiary/aromatic N) is 4. The molecule has 1 N–H and O–H groups in total. The number of anilines is 2. The molecule has 146 valence electrons. The highest BCUT2D eigenvalue weighted by atomic mass is 16.5. The smallest absolute Gasteiger partial charge is 0.263 e. The molecule has 0 atom stereocenters. The van der Waals surface area contributed by atoms with Crippen molar-refractivity contribution in [2.75, 3.05) is 23.3 Å². The lowest BCUT2D eigenvalue weighted by molar-refractivity contribution is -0.116. The first kappa shape index (κ1) is 18.4. The van der Waals surface area contributed by atoms with Gasteiger partial charge in [0.25, 0.3) is 5.71 Å². The van der Waals surface area contributed by atoms with Gasteiger partial charge < -0.3 is 14.7 Å². The van der Waals surface area contributed by atoms with Crippen LogP contribution in [0.5, 0.6) is 0 Å². The number of hydrogen-bond donors (Lipinski definition) is 1. The molecule has 1 amide bonds. The van der Waals surface area contributed by atoms with Crippen LogP contribution in [-0.2, 0) is 11.2 Å². The second kappa shape index (κ2) is 7.58. The Labute approximate surface area is 164 Å². The second-order valence-electron chi connectivity index (χ2n) is 7.42. The van der Waals surface area contributed by atoms with Crippen LogP contribution < -0.4 is 10.2 Å². The molecule has 1 aromatic carbocycles. The molecule has 1 fully saturated rings. The molecule has 7 heteroatoms. The fourth-order valence-electron chi connectivity index (χ4n) is 3.72. The molecule has 0 unspecified atom stereocenters. The molecular formula is C21H25N5O2. The van der Waals surface area contributed by atoms with Gasteiger partial charge in [-0.25, -0.2) is 4.98 Å². The van der Waals surface area contributed by atoms with Crippen LogP contribution in [0.4, 0.5) is 11.5 Å². The van der Waals surface area contributed by atoms with Gasteiger partial charge in [-0.15, -0.1) is 0 Å². The first-order valence-electron chi connectivity index (χ1n) is 9.77. The third kappa shape index (κ3) is 3.56. The number of carbonyl (C=O) groups is 1. The normalized spacial score (nSPS) is 14.0. The highest BCUT2D eigenvalue weighted by molar-refractivity contribution is 5.92. The maximum atomic E-state index is 12.5. The zero-order chi connectivity index (χ0) is 19.7. The van der Waals surface area contributed by atoms with Crippen LogP contribution in [-0.4, -0.2) is 34.1 Å². The summed E-state index contributed by atoms with van der Waals surface area (Å²) in [5, 5.41) is 7.96. The fraction of sp³-hybridized carbons (Fsp3) is 0.429. The molecule has 2 aromatic heterocycles. The molecule has 4 rings (SSSR count). The minimum absolute atomic E-state index is 0.0439. The van der Waals surface area contributed by atoms with Crippen LogP contribution >= 0.6 is 0 Å². The van der Waals surface area contributed by atoms with Crippen LogP contribution in [0.25, 0.3) is 11.1 Å². The van der Waals surface area contributed by atoms with Gasteiger partial charge in [-0.05, 0) is 44.7 Å². The Morgan fingerprint density at radius 3 is 2.57 bits per heavy atom. The quantitative estimate of drug-likeness (QED) is 0.727. The first-order chi connectivity index (χ1) is 13.5. The third-order valence-corrected chi connectivity index (χ3v) is 5.26. The lowest BCUT2D eigenvalue weighted by atomic mass is 10.1. The van der Waals surface area contributed by atoms with Gasteiger partial charge in [-0.1, -0.05) is 23.4 Å². The number of aryl methyl sites for hydroxylation is 4. The van der Waals surface area contributed by atoms with Crippen LogP contribution in [0.3, 0.4) is 0 Å². The molecule has 1 aliphatic rings. The molecule has 0 saturated carbocycles. The monoisotopic (exact) mass is 379 g/mol. The third-order valence-electron chi connectivity index (χ3n) is 5.26. The van der Waals surface area contributed by atoms with Crippen molar-refractivity contribution in [3.05, 3.63) is 40.8 Å². The average molecular weight is 379 g/mol. The zero-order valence-corrected chi connectivity index (χ0v) is 16.6. The van der Waals surface area contributed by atoms with Gasteiger partial charge >= 0.3 is 0 Å². The van der Waals surface area contributed by atoms with Crippen molar-refractivity contribution in [1.82, 2.24) is 15.1 Å². The maximum Gasteiger partial charge on any atom is 0.263 e. The Morgan fingerprint density at radius 2 is 1.86 bits per heavy atom. The number of rotatable bonds is 5. The van der Waals surface area contributed by atoms with Gasteiger partial charge in [0.15, 0.2) is 0 Å². The number of amides is 1. The van der Waals surface area contributed by atoms with Gasteiger partial charge in [0.05, 0.1) is 5.69 Å². The standard InChI is InChI=1S/C21H25N5O2/c1-13-7-6-8-14(2)19(13)24-17(27)10-9-16-22-20(26-11-4-5-12-26)18-15(3)25-28-21(18)23-16/h6-8H,4-5,9-12H2,1-3H3,(H,24,27). The van der Waals surface area contributed by atoms with E-state index in [0.717, 1.165) is 59.6 Å². The Morgan fingerprint density at radius 1 is 1.14 bits per heavy atom. The molecule has 3 aromatic rings. The first-order valence-corrected chi connectivity index (χ1v) is 9.77. The van der Waals surface area contributed by atoms with Crippen LogP contribution in [0.15, 0.2) is 22.7 Å². The summed E-state index contributed by atoms with van der Waals surface area (Å²) in [5.41, 5.74) is 4.29. The SMILES string of the molecule is Cc1cccc(C)c1NC(=O)CCc1nc(N2CCCC2)c2c(C)noc2n1. The molecule has 1 aliphatic heterocycles. The average Bonchev–Trinajstić information content (AvgIpc) is 3.33. The van der Waals surface area contributed by atoms with Crippen molar-refractivity contribution in [2.24, 2.45) is 0 Å². The van der Waals surface area contributed by atoms with Crippen LogP contribution in [0.2, 0.25) is 0 Å². The minimum atomic E-state index is -0.0439. The van der Waals surface area contributed by atoms with E-state index in [-0.39, 0.29) is 5.91 Å². The van der Waals surface area contributed by atoms with Crippen molar-refractivity contribution in [3.63, 3.8) is 0 Å². The van der Waals surface area contributed by atoms with Gasteiger partial charge in [-0.3, -0.25) is 4.79 Å². The Hall–Kier alpha value is -2.96. The van der Waals surface area contributed by atoms with Crippen molar-refractivity contribution < 1.29 is 9.32 Å². The van der Waals surface area contributed by atoms with E-state index in [1.54, 1.807) is 0 Å². The van der Waals surface area contributed by atoms with Crippen LogP contribution in [0, 0.1) is 20.8 Å². The molecular weight excluding hydrogens is 354 g/mol. The van der Waals surface area contributed by atoms with Crippen molar-refractivity contribution in [3.8, 4) is 0 Å². The number of carbonyl (C=O) groups excluding carboxylic acids is 1. The molecule has 3 heterocycles. The summed E-state index contributed by atoms with van der Waals surface area (Å²) < 4.78 is 5.40. The zero-order valence-electron chi connectivity index (χ0n) is 16.6. The van der Waals surface area contributed by atoms with Crippen molar-refractivity contribution in [1.29, 1.82) is 0 Å². The lowest BCUT2D eigenvalue weighted by Crippen LogP contribution is -2.21. The van der Waals surface area contributed by atoms with Gasteiger partial charge in [0.2, 0.25) is 5.91 Å². The lowest BCUT2D eigenvalue weighted by Gasteiger charge is -2.17. The Kier molecular flexibility index (Phi) is 4.98. The number of para-hydroxylation sites is 1. The van der Waals surface area contributed by atoms with Gasteiger partial charge in [0.1, 0.15) is 17.0 Å². The van der Waals surface area contributed by atoms with Gasteiger partial charge in [0, 0.05) is 31.6 Å². The predicted molar refractivity (Wildman–Crippen MR) is 109 cm³/mol. The van der Waals surface area contributed by atoms with Crippen molar-refractivity contribution in [2.45, 2.75) is 46.5 Å². The number of fused-ring (bicyclic) bond motifs is 1. The van der Waals surface area contributed by atoms with E-state index >= 15 is 0 Å². The molecule has 1 saturated heterocycles. The highest BCUT2D eigenvalue weighted by Crippen LogP contribution is 2.29. The number of hydrogen-bond acceptors (Lipinski definition) is 6. The van der Waals surface area contributed by atoms with E-state index in [0.29, 0.717) is 24.4 Å². The van der Waals surface area contributed by atoms with Crippen molar-refractivity contribution >= 4 is 28.5 Å².